The van der Waals surface area contributed by atoms with Crippen molar-refractivity contribution in [3.8, 4) is 0 Å². The fourth-order valence-corrected chi connectivity index (χ4v) is 14.6. The van der Waals surface area contributed by atoms with Gasteiger partial charge in [0.15, 0.2) is 12.0 Å². The molecule has 0 aliphatic carbocycles. The van der Waals surface area contributed by atoms with Gasteiger partial charge in [-0.1, -0.05) is 61.8 Å². The third-order valence-electron chi connectivity index (χ3n) is 20.1. The van der Waals surface area contributed by atoms with E-state index in [0.717, 1.165) is 4.90 Å². The Bertz CT molecular complexity index is 3370. The van der Waals surface area contributed by atoms with Crippen LogP contribution >= 0.6 is 25.3 Å². The number of carboxylic acid groups (broad SMARTS) is 1. The maximum absolute atomic E-state index is 14.9. The quantitative estimate of drug-likeness (QED) is 0.0117. The van der Waals surface area contributed by atoms with Gasteiger partial charge < -0.3 is 116 Å². The van der Waals surface area contributed by atoms with E-state index in [-0.39, 0.29) is 126 Å². The van der Waals surface area contributed by atoms with Crippen molar-refractivity contribution in [2.75, 3.05) is 63.9 Å². The average molecular weight is 1650 g/mol. The highest BCUT2D eigenvalue weighted by atomic mass is 32.1. The van der Waals surface area contributed by atoms with Crippen molar-refractivity contribution in [2.24, 2.45) is 51.6 Å². The molecule has 22 N–H and O–H groups in total. The number of amides is 15. The Kier molecular flexibility index (Phi) is 41.1. The minimum absolute atomic E-state index is 0.00327. The lowest BCUT2D eigenvalue weighted by Gasteiger charge is -2.34. The summed E-state index contributed by atoms with van der Waals surface area (Å²) in [6, 6.07) is -18.0. The number of unbranched alkanes of at least 4 members (excludes halogenated alkanes) is 1. The summed E-state index contributed by atoms with van der Waals surface area (Å²) in [6.07, 6.45) is 0.787. The smallest absolute Gasteiger partial charge is 0.328 e. The lowest BCUT2D eigenvalue weighted by atomic mass is 9.98. The molecule has 114 heavy (non-hydrogen) atoms. The summed E-state index contributed by atoms with van der Waals surface area (Å²) in [7, 11) is 0. The third-order valence-corrected chi connectivity index (χ3v) is 20.8. The summed E-state index contributed by atoms with van der Waals surface area (Å²) >= 11 is 8.79. The average Bonchev–Trinajstić information content (AvgIpc) is 1.63. The normalized spacial score (nSPS) is 20.0. The van der Waals surface area contributed by atoms with Gasteiger partial charge in [-0.15, -0.1) is 0 Å². The van der Waals surface area contributed by atoms with Gasteiger partial charge >= 0.3 is 5.97 Å². The van der Waals surface area contributed by atoms with Crippen LogP contribution in [0, 0.1) is 23.7 Å². The van der Waals surface area contributed by atoms with E-state index in [1.165, 1.54) is 28.5 Å². The maximum atomic E-state index is 14.9. The van der Waals surface area contributed by atoms with Crippen LogP contribution in [0.15, 0.2) is 4.99 Å². The number of likely N-dealkylation sites (tertiary alicyclic amines) is 4. The lowest BCUT2D eigenvalue weighted by Crippen LogP contribution is -2.62. The Morgan fingerprint density at radius 3 is 1.31 bits per heavy atom. The number of rotatable bonds is 46. The Morgan fingerprint density at radius 1 is 0.430 bits per heavy atom. The molecule has 0 unspecified atom stereocenters. The van der Waals surface area contributed by atoms with Crippen LogP contribution in [0.5, 0.6) is 0 Å². The Balaban J connectivity index is 1.45. The van der Waals surface area contributed by atoms with E-state index in [1.54, 1.807) is 27.7 Å². The number of nitrogens with zero attached hydrogens (tertiary/aromatic N) is 5. The van der Waals surface area contributed by atoms with Gasteiger partial charge in [-0.25, -0.2) is 4.79 Å². The molecule has 0 spiro atoms. The first kappa shape index (κ1) is 97.7. The molecule has 4 heterocycles. The van der Waals surface area contributed by atoms with Crippen molar-refractivity contribution in [3.63, 3.8) is 0 Å². The molecule has 0 radical (unpaired) electrons. The van der Waals surface area contributed by atoms with Crippen molar-refractivity contribution >= 4 is 126 Å². The van der Waals surface area contributed by atoms with Crippen LogP contribution in [-0.2, 0) is 76.7 Å². The second kappa shape index (κ2) is 48.0. The largest absolute Gasteiger partial charge is 0.480 e. The summed E-state index contributed by atoms with van der Waals surface area (Å²) in [6.45, 7) is 16.1. The first-order valence-corrected chi connectivity index (χ1v) is 40.7. The summed E-state index contributed by atoms with van der Waals surface area (Å²) < 4.78 is 0. The number of carboxylic acids is 1. The predicted octanol–water partition coefficient (Wildman–Crippen LogP) is -5.44. The van der Waals surface area contributed by atoms with Gasteiger partial charge in [-0.3, -0.25) is 76.9 Å². The molecule has 39 nitrogen and oxygen atoms in total. The zero-order valence-corrected chi connectivity index (χ0v) is 69.0. The monoisotopic (exact) mass is 1650 g/mol. The zero-order valence-electron chi connectivity index (χ0n) is 67.2. The minimum Gasteiger partial charge on any atom is -0.480 e. The number of nitrogens with one attached hydrogen (secondary N) is 11. The molecular weight excluding hydrogens is 1530 g/mol. The lowest BCUT2D eigenvalue weighted by molar-refractivity contribution is -0.148. The van der Waals surface area contributed by atoms with Crippen LogP contribution in [0.1, 0.15) is 172 Å². The molecule has 4 rings (SSSR count). The minimum atomic E-state index is -1.69. The molecule has 4 aliphatic rings. The Morgan fingerprint density at radius 2 is 0.842 bits per heavy atom. The highest BCUT2D eigenvalue weighted by Crippen LogP contribution is 2.28. The zero-order chi connectivity index (χ0) is 85.5. The van der Waals surface area contributed by atoms with Crippen molar-refractivity contribution in [2.45, 2.75) is 269 Å². The molecule has 0 aromatic heterocycles. The molecule has 4 fully saturated rings. The van der Waals surface area contributed by atoms with Gasteiger partial charge in [0.05, 0.1) is 31.3 Å². The van der Waals surface area contributed by atoms with E-state index in [0.29, 0.717) is 51.5 Å². The number of aliphatic hydroxyl groups excluding tert-OH is 2. The summed E-state index contributed by atoms with van der Waals surface area (Å²) in [4.78, 5) is 230. The van der Waals surface area contributed by atoms with Crippen molar-refractivity contribution in [1.82, 2.24) is 78.1 Å². The topological polar surface area (TPSA) is 596 Å². The molecule has 644 valence electrons. The first-order chi connectivity index (χ1) is 53.7. The number of carbonyl (C=O) groups excluding carboxylic acids is 15. The highest BCUT2D eigenvalue weighted by molar-refractivity contribution is 7.80. The summed E-state index contributed by atoms with van der Waals surface area (Å²) in [5.74, 6) is -14.7. The first-order valence-electron chi connectivity index (χ1n) is 39.5. The second-order valence-corrected chi connectivity index (χ2v) is 32.0. The standard InChI is InChI=1S/C73H126N20O19S2/c1-37(2)30-45(82-60(99)46(31-38(3)4)84-67(106)56(40(7)8)87-55(97)34-79-54(96)33-80-59(98)43(75)18-11-12-24-74)61(100)86-49(36-114)69(108)93-29-17-23-53(93)70(109)91-27-15-21-51(91)64(103)81-44(19-13-25-78-73(76)77)68(107)90-26-14-20-50(90)65(104)85-48(35-113)63(102)83-47(32-39(5)6)62(101)88-57(41(9)94)71(110)92-28-16-22-52(92)66(105)89-58(42(10)95)72(111)112/h37-53,56-58,94-95,113-114H,11-36,74-75H2,1-10H3,(H,79,96)(H,80,98)(H,81,103)(H,82,99)(H,83,102)(H,84,106)(H,85,104)(H,86,100)(H,87,97)(H,88,101)(H,89,105)(H,111,112)(H4,76,77,78)/t41-,42-,43+,44+,45+,46+,47+,48+,49+,50+,51+,52+,53+,56+,57+,58+/m1/s1. The molecule has 0 aromatic carbocycles. The number of aliphatic imine (C=N–C) groups is 1. The molecule has 41 heteroatoms. The van der Waals surface area contributed by atoms with E-state index >= 15 is 0 Å². The van der Waals surface area contributed by atoms with Crippen LogP contribution in [-0.4, -0.2) is 296 Å². The van der Waals surface area contributed by atoms with Crippen LogP contribution < -0.4 is 81.4 Å². The summed E-state index contributed by atoms with van der Waals surface area (Å²) in [5.41, 5.74) is 22.6. The molecule has 4 saturated heterocycles. The van der Waals surface area contributed by atoms with E-state index in [1.807, 2.05) is 27.7 Å². The molecule has 4 aliphatic heterocycles. The molecule has 0 saturated carbocycles. The maximum Gasteiger partial charge on any atom is 0.328 e. The molecule has 0 aromatic rings. The van der Waals surface area contributed by atoms with Crippen LogP contribution in [0.2, 0.25) is 0 Å². The predicted molar refractivity (Wildman–Crippen MR) is 425 cm³/mol. The van der Waals surface area contributed by atoms with E-state index in [2.05, 4.69) is 88.7 Å². The Hall–Kier alpha value is -8.67. The molecular formula is C73H126N20O19S2. The van der Waals surface area contributed by atoms with Crippen LogP contribution in [0.25, 0.3) is 0 Å². The van der Waals surface area contributed by atoms with Gasteiger partial charge in [-0.2, -0.15) is 25.3 Å². The molecule has 16 atom stereocenters. The second-order valence-electron chi connectivity index (χ2n) is 31.3. The number of carbonyl (C=O) groups is 16. The van der Waals surface area contributed by atoms with Gasteiger partial charge in [0, 0.05) is 44.2 Å². The number of nitrogens with two attached hydrogens (primary N) is 4. The molecule has 0 bridgehead atoms. The summed E-state index contributed by atoms with van der Waals surface area (Å²) in [5, 5.41) is 58.8. The number of hydrogen-bond acceptors (Lipinski definition) is 23. The van der Waals surface area contributed by atoms with E-state index in [4.69, 9.17) is 22.9 Å². The fraction of sp³-hybridized carbons (Fsp3) is 0.767. The van der Waals surface area contributed by atoms with Gasteiger partial charge in [0.25, 0.3) is 0 Å². The van der Waals surface area contributed by atoms with Crippen LogP contribution in [0.3, 0.4) is 0 Å². The van der Waals surface area contributed by atoms with Gasteiger partial charge in [0.1, 0.15) is 72.5 Å². The van der Waals surface area contributed by atoms with Crippen molar-refractivity contribution in [3.05, 3.63) is 0 Å². The van der Waals surface area contributed by atoms with E-state index < -0.39 is 210 Å². The van der Waals surface area contributed by atoms with Crippen molar-refractivity contribution < 1.29 is 92.0 Å². The third kappa shape index (κ3) is 30.2. The number of aliphatic carboxylic acids is 1. The van der Waals surface area contributed by atoms with Crippen LogP contribution in [0.4, 0.5) is 0 Å². The van der Waals surface area contributed by atoms with Gasteiger partial charge in [-0.05, 0) is 140 Å². The number of guanidine groups is 1. The van der Waals surface area contributed by atoms with Gasteiger partial charge in [0.2, 0.25) is 88.6 Å². The Labute approximate surface area is 677 Å². The number of hydrogen-bond donors (Lipinski definition) is 20. The SMILES string of the molecule is CC(C)C[C@H](NC(=O)[C@H](CC(C)C)NC(=O)[C@@H](NC(=O)CNC(=O)CNC(=O)[C@@H](N)CCCCN)C(C)C)C(=O)N[C@@H](CS)C(=O)N1CCC[C@H]1C(=O)N1CCC[C@H]1C(=O)N[C@@H](CCCN=C(N)N)C(=O)N1CCC[C@H]1C(=O)N[C@@H](CS)C(=O)N[C@@H](CC(C)C)C(=O)N[C@H](C(=O)N1CCC[C@H]1C(=O)N[C@H](C(=O)O)[C@@H](C)O)[C@@H](C)O. The molecule has 15 amide bonds. The number of aliphatic hydroxyl groups is 2. The van der Waals surface area contributed by atoms with Crippen molar-refractivity contribution in [1.29, 1.82) is 0 Å². The number of thiol groups is 2. The van der Waals surface area contributed by atoms with E-state index in [9.17, 15) is 92.0 Å². The fourth-order valence-electron chi connectivity index (χ4n) is 14.1. The highest BCUT2D eigenvalue weighted by Gasteiger charge is 2.47.